The topological polar surface area (TPSA) is 67.6 Å². The Balaban J connectivity index is 2.41. The molecule has 0 fully saturated rings. The van der Waals surface area contributed by atoms with Gasteiger partial charge < -0.3 is 9.64 Å². The Morgan fingerprint density at radius 1 is 1.30 bits per heavy atom. The summed E-state index contributed by atoms with van der Waals surface area (Å²) in [5.41, 5.74) is 2.61. The van der Waals surface area contributed by atoms with Crippen LogP contribution < -0.4 is 16.0 Å². The highest BCUT2D eigenvalue weighted by Gasteiger charge is 2.12. The van der Waals surface area contributed by atoms with Gasteiger partial charge in [-0.3, -0.25) is 10.2 Å². The molecule has 0 aliphatic rings. The molecule has 1 aromatic carbocycles. The first kappa shape index (κ1) is 16.5. The number of hydrogen-bond acceptors (Lipinski definition) is 4. The number of hydrazine groups is 1. The molecule has 0 aliphatic carbocycles. The van der Waals surface area contributed by atoms with E-state index in [4.69, 9.17) is 10.6 Å². The monoisotopic (exact) mass is 279 g/mol. The van der Waals surface area contributed by atoms with Crippen molar-refractivity contribution in [3.05, 3.63) is 29.8 Å². The highest BCUT2D eigenvalue weighted by molar-refractivity contribution is 5.93. The summed E-state index contributed by atoms with van der Waals surface area (Å²) < 4.78 is 5.67. The van der Waals surface area contributed by atoms with Gasteiger partial charge in [-0.05, 0) is 44.2 Å². The van der Waals surface area contributed by atoms with Crippen LogP contribution in [0.15, 0.2) is 24.3 Å². The van der Waals surface area contributed by atoms with Crippen LogP contribution in [-0.2, 0) is 0 Å². The molecule has 1 rings (SSSR count). The zero-order valence-corrected chi connectivity index (χ0v) is 12.7. The van der Waals surface area contributed by atoms with Crippen LogP contribution in [0, 0.1) is 5.92 Å². The molecule has 3 N–H and O–H groups in total. The molecule has 0 spiro atoms. The van der Waals surface area contributed by atoms with Crippen molar-refractivity contribution in [1.82, 2.24) is 10.3 Å². The van der Waals surface area contributed by atoms with E-state index in [0.29, 0.717) is 24.1 Å². The van der Waals surface area contributed by atoms with Crippen molar-refractivity contribution < 1.29 is 9.53 Å². The number of carbonyl (C=O) groups excluding carboxylic acids is 1. The van der Waals surface area contributed by atoms with Crippen LogP contribution in [0.4, 0.5) is 0 Å². The summed E-state index contributed by atoms with van der Waals surface area (Å²) in [7, 11) is 2.10. The smallest absolute Gasteiger partial charge is 0.265 e. The molecule has 112 valence electrons. The third-order valence-electron chi connectivity index (χ3n) is 3.62. The van der Waals surface area contributed by atoms with Gasteiger partial charge >= 0.3 is 0 Å². The molecule has 0 saturated carbocycles. The van der Waals surface area contributed by atoms with Crippen LogP contribution in [-0.4, -0.2) is 37.0 Å². The fourth-order valence-corrected chi connectivity index (χ4v) is 1.81. The molecule has 1 atom stereocenters. The van der Waals surface area contributed by atoms with Gasteiger partial charge in [0.15, 0.2) is 0 Å². The van der Waals surface area contributed by atoms with Gasteiger partial charge in [-0.15, -0.1) is 0 Å². The van der Waals surface area contributed by atoms with Crippen molar-refractivity contribution in [2.45, 2.75) is 26.8 Å². The van der Waals surface area contributed by atoms with E-state index in [0.717, 1.165) is 12.3 Å². The van der Waals surface area contributed by atoms with Gasteiger partial charge in [0.05, 0.1) is 0 Å². The minimum Gasteiger partial charge on any atom is -0.492 e. The first-order chi connectivity index (χ1) is 9.45. The lowest BCUT2D eigenvalue weighted by Gasteiger charge is -2.27. The van der Waals surface area contributed by atoms with Crippen LogP contribution in [0.5, 0.6) is 5.75 Å². The minimum absolute atomic E-state index is 0.304. The number of benzene rings is 1. The average Bonchev–Trinajstić information content (AvgIpc) is 2.46. The van der Waals surface area contributed by atoms with Gasteiger partial charge in [-0.2, -0.15) is 0 Å². The van der Waals surface area contributed by atoms with Crippen molar-refractivity contribution in [3.63, 3.8) is 0 Å². The van der Waals surface area contributed by atoms with Gasteiger partial charge in [0.25, 0.3) is 5.91 Å². The van der Waals surface area contributed by atoms with Gasteiger partial charge in [0, 0.05) is 18.2 Å². The molecule has 0 saturated heterocycles. The number of nitrogens with two attached hydrogens (primary N) is 1. The van der Waals surface area contributed by atoms with Crippen molar-refractivity contribution in [3.8, 4) is 5.75 Å². The largest absolute Gasteiger partial charge is 0.492 e. The van der Waals surface area contributed by atoms with Crippen molar-refractivity contribution in [2.75, 3.05) is 20.2 Å². The summed E-state index contributed by atoms with van der Waals surface area (Å²) in [4.78, 5) is 13.6. The van der Waals surface area contributed by atoms with Gasteiger partial charge in [-0.25, -0.2) is 5.84 Å². The molecule has 5 nitrogen and oxygen atoms in total. The maximum absolute atomic E-state index is 11.3. The van der Waals surface area contributed by atoms with Crippen molar-refractivity contribution in [2.24, 2.45) is 11.8 Å². The van der Waals surface area contributed by atoms with Gasteiger partial charge in [0.1, 0.15) is 12.4 Å². The second-order valence-corrected chi connectivity index (χ2v) is 5.31. The average molecular weight is 279 g/mol. The molecule has 0 heterocycles. The van der Waals surface area contributed by atoms with Crippen LogP contribution in [0.2, 0.25) is 0 Å². The first-order valence-electron chi connectivity index (χ1n) is 6.89. The second kappa shape index (κ2) is 7.87. The molecule has 1 amide bonds. The zero-order chi connectivity index (χ0) is 15.1. The van der Waals surface area contributed by atoms with E-state index in [-0.39, 0.29) is 5.91 Å². The lowest BCUT2D eigenvalue weighted by atomic mass is 10.1. The first-order valence-corrected chi connectivity index (χ1v) is 6.89. The number of rotatable bonds is 7. The third-order valence-corrected chi connectivity index (χ3v) is 3.62. The standard InChI is InChI=1S/C15H25N3O2/c1-11(2)12(3)18(4)9-10-20-14-7-5-13(6-8-14)15(19)17-16/h5-8,11-12H,9-10,16H2,1-4H3,(H,17,19). The third kappa shape index (κ3) is 4.83. The molecule has 0 bridgehead atoms. The summed E-state index contributed by atoms with van der Waals surface area (Å²) in [5.74, 6) is 6.14. The van der Waals surface area contributed by atoms with Crippen LogP contribution in [0.3, 0.4) is 0 Å². The van der Waals surface area contributed by atoms with E-state index in [1.807, 2.05) is 0 Å². The summed E-state index contributed by atoms with van der Waals surface area (Å²) in [5, 5.41) is 0. The molecular weight excluding hydrogens is 254 g/mol. The summed E-state index contributed by atoms with van der Waals surface area (Å²) in [6.45, 7) is 8.12. The Morgan fingerprint density at radius 3 is 2.40 bits per heavy atom. The SMILES string of the molecule is CC(C)C(C)N(C)CCOc1ccc(C(=O)NN)cc1. The number of nitrogens with one attached hydrogen (secondary N) is 1. The lowest BCUT2D eigenvalue weighted by molar-refractivity contribution is 0.0953. The highest BCUT2D eigenvalue weighted by Crippen LogP contribution is 2.13. The van der Waals surface area contributed by atoms with Crippen LogP contribution in [0.1, 0.15) is 31.1 Å². The number of likely N-dealkylation sites (N-methyl/N-ethyl adjacent to an activating group) is 1. The number of amides is 1. The summed E-state index contributed by atoms with van der Waals surface area (Å²) in [6, 6.07) is 7.46. The second-order valence-electron chi connectivity index (χ2n) is 5.31. The fraction of sp³-hybridized carbons (Fsp3) is 0.533. The quantitative estimate of drug-likeness (QED) is 0.452. The molecule has 0 radical (unpaired) electrons. The van der Waals surface area contributed by atoms with Gasteiger partial charge in [-0.1, -0.05) is 13.8 Å². The number of nitrogen functional groups attached to an aromatic ring is 1. The lowest BCUT2D eigenvalue weighted by Crippen LogP contribution is -2.36. The Kier molecular flexibility index (Phi) is 6.48. The minimum atomic E-state index is -0.304. The fourth-order valence-electron chi connectivity index (χ4n) is 1.81. The highest BCUT2D eigenvalue weighted by atomic mass is 16.5. The van der Waals surface area contributed by atoms with E-state index < -0.39 is 0 Å². The van der Waals surface area contributed by atoms with Crippen molar-refractivity contribution in [1.29, 1.82) is 0 Å². The van der Waals surface area contributed by atoms with Crippen molar-refractivity contribution >= 4 is 5.91 Å². The van der Waals surface area contributed by atoms with E-state index in [9.17, 15) is 4.79 Å². The maximum atomic E-state index is 11.3. The number of nitrogens with zero attached hydrogens (tertiary/aromatic N) is 1. The molecule has 1 aromatic rings. The normalized spacial score (nSPS) is 12.6. The predicted molar refractivity (Wildman–Crippen MR) is 80.5 cm³/mol. The zero-order valence-electron chi connectivity index (χ0n) is 12.7. The Morgan fingerprint density at radius 2 is 1.90 bits per heavy atom. The molecular formula is C15H25N3O2. The maximum Gasteiger partial charge on any atom is 0.265 e. The Labute approximate surface area is 121 Å². The Bertz CT molecular complexity index is 418. The van der Waals surface area contributed by atoms with E-state index in [2.05, 4.69) is 38.1 Å². The number of carbonyl (C=O) groups is 1. The van der Waals surface area contributed by atoms with E-state index in [1.165, 1.54) is 0 Å². The summed E-state index contributed by atoms with van der Waals surface area (Å²) in [6.07, 6.45) is 0. The molecule has 1 unspecified atom stereocenters. The van der Waals surface area contributed by atoms with Gasteiger partial charge in [0.2, 0.25) is 0 Å². The van der Waals surface area contributed by atoms with Crippen LogP contribution in [0.25, 0.3) is 0 Å². The van der Waals surface area contributed by atoms with E-state index >= 15 is 0 Å². The summed E-state index contributed by atoms with van der Waals surface area (Å²) >= 11 is 0. The predicted octanol–water partition coefficient (Wildman–Crippen LogP) is 1.65. The number of ether oxygens (including phenoxy) is 1. The van der Waals surface area contributed by atoms with E-state index in [1.54, 1.807) is 24.3 Å². The van der Waals surface area contributed by atoms with Crippen LogP contribution >= 0.6 is 0 Å². The molecule has 0 aliphatic heterocycles. The Hall–Kier alpha value is -1.59. The number of hydrogen-bond donors (Lipinski definition) is 2. The molecule has 5 heteroatoms. The molecule has 20 heavy (non-hydrogen) atoms. The molecule has 0 aromatic heterocycles.